The Balaban J connectivity index is 4.59. The van der Waals surface area contributed by atoms with Gasteiger partial charge in [-0.2, -0.15) is 0 Å². The fourth-order valence-corrected chi connectivity index (χ4v) is 7.09. The summed E-state index contributed by atoms with van der Waals surface area (Å²) >= 11 is 0. The first-order valence-electron chi connectivity index (χ1n) is 30.2. The monoisotopic (exact) mass is 1080 g/mol. The summed E-state index contributed by atoms with van der Waals surface area (Å²) in [6, 6.07) is 0. The molecule has 0 fully saturated rings. The Bertz CT molecular complexity index is 2010. The van der Waals surface area contributed by atoms with Gasteiger partial charge in [0.1, 0.15) is 13.2 Å². The predicted molar refractivity (Wildman–Crippen MR) is 343 cm³/mol. The van der Waals surface area contributed by atoms with Gasteiger partial charge in [0.25, 0.3) is 0 Å². The largest absolute Gasteiger partial charge is 0.462 e. The Morgan fingerprint density at radius 2 is 0.519 bits per heavy atom. The number of rotatable bonds is 51. The van der Waals surface area contributed by atoms with Gasteiger partial charge in [0.15, 0.2) is 6.10 Å². The van der Waals surface area contributed by atoms with Crippen molar-refractivity contribution in [3.63, 3.8) is 0 Å². The van der Waals surface area contributed by atoms with Crippen LogP contribution in [0.4, 0.5) is 0 Å². The molecule has 1 unspecified atom stereocenters. The van der Waals surface area contributed by atoms with Crippen molar-refractivity contribution in [2.45, 2.75) is 207 Å². The van der Waals surface area contributed by atoms with Crippen LogP contribution in [0, 0.1) is 0 Å². The smallest absolute Gasteiger partial charge is 0.309 e. The van der Waals surface area contributed by atoms with Crippen LogP contribution in [0.5, 0.6) is 0 Å². The minimum Gasteiger partial charge on any atom is -0.462 e. The van der Waals surface area contributed by atoms with Crippen molar-refractivity contribution in [1.29, 1.82) is 0 Å². The van der Waals surface area contributed by atoms with Gasteiger partial charge in [-0.1, -0.05) is 252 Å². The standard InChI is InChI=1S/C73H106O6/c1-4-7-10-13-16-19-22-25-28-30-31-32-33-34-35-36-37-38-39-40-41-43-45-48-51-54-57-60-63-66-72(75)78-69-70(68-77-71(74)65-62-59-56-53-50-47-44-27-24-21-18-15-12-9-6-3)79-73(76)67-64-61-58-55-52-49-46-42-29-26-23-20-17-14-11-8-5-2/h7-12,16-21,25-29,31-32,34-35,37-38,40-41,44-46,48-50,53,55,58-59,62,70H,4-6,13-15,22-24,30,33,36,39,42-43,47,51-52,54,56-57,60-61,63-69H2,1-3H3/b10-7-,11-8-,12-9-,19-16-,20-17-,21-18-,28-25-,29-26-,32-31-,35-34-,38-37-,41-40-,44-27-,48-45-,49-46-,53-50-,58-55-,62-59-. The molecule has 0 radical (unpaired) electrons. The van der Waals surface area contributed by atoms with Crippen LogP contribution < -0.4 is 0 Å². The molecule has 0 aliphatic carbocycles. The number of hydrogen-bond donors (Lipinski definition) is 0. The number of ether oxygens (including phenoxy) is 3. The molecular weight excluding hydrogens is 973 g/mol. The first kappa shape index (κ1) is 72.7. The van der Waals surface area contributed by atoms with Crippen LogP contribution >= 0.6 is 0 Å². The third kappa shape index (κ3) is 62.5. The Morgan fingerprint density at radius 1 is 0.266 bits per heavy atom. The van der Waals surface area contributed by atoms with Crippen molar-refractivity contribution in [2.24, 2.45) is 0 Å². The van der Waals surface area contributed by atoms with Crippen LogP contribution in [0.15, 0.2) is 219 Å². The topological polar surface area (TPSA) is 78.9 Å². The van der Waals surface area contributed by atoms with Gasteiger partial charge in [0, 0.05) is 12.8 Å². The van der Waals surface area contributed by atoms with E-state index in [4.69, 9.17) is 14.2 Å². The van der Waals surface area contributed by atoms with Crippen molar-refractivity contribution < 1.29 is 28.6 Å². The molecule has 6 nitrogen and oxygen atoms in total. The summed E-state index contributed by atoms with van der Waals surface area (Å²) in [6.45, 7) is 6.10. The predicted octanol–water partition coefficient (Wildman–Crippen LogP) is 21.0. The number of carbonyl (C=O) groups excluding carboxylic acids is 3. The molecule has 0 aliphatic heterocycles. The fourth-order valence-electron chi connectivity index (χ4n) is 7.09. The lowest BCUT2D eigenvalue weighted by molar-refractivity contribution is -0.166. The van der Waals surface area contributed by atoms with Gasteiger partial charge in [-0.25, -0.2) is 0 Å². The van der Waals surface area contributed by atoms with Crippen LogP contribution in [0.3, 0.4) is 0 Å². The molecule has 0 aromatic carbocycles. The first-order chi connectivity index (χ1) is 39.0. The highest BCUT2D eigenvalue weighted by molar-refractivity contribution is 5.72. The molecule has 0 saturated heterocycles. The molecule has 0 aromatic heterocycles. The molecular formula is C73H106O6. The van der Waals surface area contributed by atoms with E-state index in [9.17, 15) is 14.4 Å². The molecule has 0 aliphatic rings. The minimum absolute atomic E-state index is 0.0970. The van der Waals surface area contributed by atoms with Gasteiger partial charge in [-0.15, -0.1) is 0 Å². The number of allylic oxidation sites excluding steroid dienone is 35. The number of unbranched alkanes of at least 4 members (excludes halogenated alkanes) is 5. The summed E-state index contributed by atoms with van der Waals surface area (Å²) in [5, 5.41) is 0. The average molecular weight is 1080 g/mol. The average Bonchev–Trinajstić information content (AvgIpc) is 3.45. The van der Waals surface area contributed by atoms with Crippen molar-refractivity contribution in [3.8, 4) is 0 Å². The molecule has 0 amide bonds. The van der Waals surface area contributed by atoms with Gasteiger partial charge >= 0.3 is 17.9 Å². The SMILES string of the molecule is CC/C=C\C/C=C\C/C=C\C/C=C\C/C=C\C/C=C\C/C=C\C/C=C\CCCCCCC(=O)OCC(COC(=O)C/C=C\C/C=C\C/C=C\C/C=C\C/C=C\CC)OC(=O)CCC/C=C\C/C=C\C/C=C\C/C=C\C/C=C\CC. The highest BCUT2D eigenvalue weighted by Gasteiger charge is 2.19. The highest BCUT2D eigenvalue weighted by atomic mass is 16.6. The molecule has 434 valence electrons. The van der Waals surface area contributed by atoms with Gasteiger partial charge in [-0.05, 0) is 148 Å². The van der Waals surface area contributed by atoms with Crippen LogP contribution in [0.2, 0.25) is 0 Å². The van der Waals surface area contributed by atoms with Gasteiger partial charge in [0.2, 0.25) is 0 Å². The molecule has 0 rings (SSSR count). The van der Waals surface area contributed by atoms with E-state index in [0.29, 0.717) is 12.8 Å². The third-order valence-electron chi connectivity index (χ3n) is 11.5. The lowest BCUT2D eigenvalue weighted by Gasteiger charge is -2.18. The molecule has 0 heterocycles. The van der Waals surface area contributed by atoms with Crippen molar-refractivity contribution in [2.75, 3.05) is 13.2 Å². The summed E-state index contributed by atoms with van der Waals surface area (Å²) < 4.78 is 16.7. The summed E-state index contributed by atoms with van der Waals surface area (Å²) in [6.07, 6.45) is 101. The second kappa shape index (κ2) is 64.3. The second-order valence-corrected chi connectivity index (χ2v) is 18.8. The summed E-state index contributed by atoms with van der Waals surface area (Å²) in [4.78, 5) is 38.1. The molecule has 0 N–H and O–H groups in total. The number of hydrogen-bond acceptors (Lipinski definition) is 6. The maximum absolute atomic E-state index is 12.8. The van der Waals surface area contributed by atoms with Crippen molar-refractivity contribution in [1.82, 2.24) is 0 Å². The van der Waals surface area contributed by atoms with Gasteiger partial charge in [0.05, 0.1) is 6.42 Å². The van der Waals surface area contributed by atoms with Gasteiger partial charge in [-0.3, -0.25) is 14.4 Å². The lowest BCUT2D eigenvalue weighted by Crippen LogP contribution is -2.30. The number of esters is 3. The first-order valence-corrected chi connectivity index (χ1v) is 30.2. The molecule has 0 spiro atoms. The Labute approximate surface area is 482 Å². The zero-order valence-electron chi connectivity index (χ0n) is 49.5. The Morgan fingerprint density at radius 3 is 0.848 bits per heavy atom. The second-order valence-electron chi connectivity index (χ2n) is 18.8. The van der Waals surface area contributed by atoms with E-state index >= 15 is 0 Å². The normalized spacial score (nSPS) is 13.7. The van der Waals surface area contributed by atoms with Gasteiger partial charge < -0.3 is 14.2 Å². The summed E-state index contributed by atoms with van der Waals surface area (Å²) in [7, 11) is 0. The maximum atomic E-state index is 12.8. The fraction of sp³-hybridized carbons (Fsp3) is 0.466. The molecule has 0 aromatic rings. The molecule has 0 bridgehead atoms. The van der Waals surface area contributed by atoms with E-state index in [1.807, 2.05) is 6.08 Å². The van der Waals surface area contributed by atoms with E-state index in [2.05, 4.69) is 227 Å². The molecule has 0 saturated carbocycles. The van der Waals surface area contributed by atoms with Crippen molar-refractivity contribution in [3.05, 3.63) is 219 Å². The summed E-state index contributed by atoms with van der Waals surface area (Å²) in [5.74, 6) is -1.19. The Hall–Kier alpha value is -6.27. The molecule has 1 atom stereocenters. The van der Waals surface area contributed by atoms with E-state index in [-0.39, 0.29) is 38.4 Å². The highest BCUT2D eigenvalue weighted by Crippen LogP contribution is 2.10. The zero-order chi connectivity index (χ0) is 57.1. The summed E-state index contributed by atoms with van der Waals surface area (Å²) in [5.41, 5.74) is 0. The molecule has 79 heavy (non-hydrogen) atoms. The van der Waals surface area contributed by atoms with Crippen molar-refractivity contribution >= 4 is 17.9 Å². The van der Waals surface area contributed by atoms with Crippen LogP contribution in [0.1, 0.15) is 201 Å². The molecule has 6 heteroatoms. The maximum Gasteiger partial charge on any atom is 0.309 e. The lowest BCUT2D eigenvalue weighted by atomic mass is 10.1. The van der Waals surface area contributed by atoms with E-state index < -0.39 is 18.0 Å². The quantitative estimate of drug-likeness (QED) is 0.0261. The number of carbonyl (C=O) groups is 3. The van der Waals surface area contributed by atoms with E-state index in [1.165, 1.54) is 0 Å². The third-order valence-corrected chi connectivity index (χ3v) is 11.5. The van der Waals surface area contributed by atoms with Crippen LogP contribution in [-0.4, -0.2) is 37.2 Å². The zero-order valence-corrected chi connectivity index (χ0v) is 49.5. The van der Waals surface area contributed by atoms with Crippen LogP contribution in [0.25, 0.3) is 0 Å². The Kier molecular flexibility index (Phi) is 59.2. The van der Waals surface area contributed by atoms with E-state index in [1.54, 1.807) is 6.08 Å². The minimum atomic E-state index is -0.874. The van der Waals surface area contributed by atoms with Crippen LogP contribution in [-0.2, 0) is 28.6 Å². The van der Waals surface area contributed by atoms with E-state index in [0.717, 1.165) is 148 Å².